The van der Waals surface area contributed by atoms with E-state index in [0.717, 1.165) is 6.54 Å². The molecule has 23 heavy (non-hydrogen) atoms. The number of pyridine rings is 1. The van der Waals surface area contributed by atoms with Crippen LogP contribution < -0.4 is 4.90 Å². The number of amides is 1. The molecule has 2 heterocycles. The van der Waals surface area contributed by atoms with Gasteiger partial charge in [-0.3, -0.25) is 9.80 Å². The topological polar surface area (TPSA) is 45.7 Å². The third-order valence-electron chi connectivity index (χ3n) is 4.12. The highest BCUT2D eigenvalue weighted by Gasteiger charge is 2.28. The normalized spacial score (nSPS) is 19.2. The molecular formula is C18H29N3O2. The third kappa shape index (κ3) is 4.44. The van der Waals surface area contributed by atoms with Crippen molar-refractivity contribution in [2.24, 2.45) is 0 Å². The van der Waals surface area contributed by atoms with Gasteiger partial charge in [-0.15, -0.1) is 0 Å². The molecule has 0 saturated carbocycles. The van der Waals surface area contributed by atoms with Crippen LogP contribution in [0.15, 0.2) is 18.3 Å². The summed E-state index contributed by atoms with van der Waals surface area (Å²) in [6.07, 6.45) is 3.90. The van der Waals surface area contributed by atoms with Gasteiger partial charge in [0.15, 0.2) is 0 Å². The van der Waals surface area contributed by atoms with Crippen molar-refractivity contribution in [1.82, 2.24) is 9.88 Å². The first-order chi connectivity index (χ1) is 10.7. The van der Waals surface area contributed by atoms with Crippen LogP contribution in [0.25, 0.3) is 0 Å². The van der Waals surface area contributed by atoms with Crippen LogP contribution in [-0.4, -0.2) is 41.2 Å². The van der Waals surface area contributed by atoms with Crippen LogP contribution in [-0.2, 0) is 4.74 Å². The monoisotopic (exact) mass is 319 g/mol. The second kappa shape index (κ2) is 6.87. The van der Waals surface area contributed by atoms with E-state index in [1.165, 1.54) is 23.3 Å². The highest BCUT2D eigenvalue weighted by atomic mass is 16.6. The molecule has 1 saturated heterocycles. The van der Waals surface area contributed by atoms with E-state index in [4.69, 9.17) is 4.74 Å². The van der Waals surface area contributed by atoms with E-state index in [1.807, 2.05) is 33.0 Å². The summed E-state index contributed by atoms with van der Waals surface area (Å²) in [5.74, 6) is 0.608. The van der Waals surface area contributed by atoms with Gasteiger partial charge in [0, 0.05) is 25.3 Å². The Labute approximate surface area is 139 Å². The zero-order valence-electron chi connectivity index (χ0n) is 15.2. The molecule has 1 aromatic heterocycles. The van der Waals surface area contributed by atoms with Gasteiger partial charge in [0.1, 0.15) is 11.4 Å². The van der Waals surface area contributed by atoms with Crippen LogP contribution in [0, 0.1) is 0 Å². The molecule has 5 nitrogen and oxygen atoms in total. The van der Waals surface area contributed by atoms with Gasteiger partial charge in [-0.25, -0.2) is 9.78 Å². The molecule has 0 bridgehead atoms. The summed E-state index contributed by atoms with van der Waals surface area (Å²) < 4.78 is 5.37. The number of ether oxygens (including phenoxy) is 1. The van der Waals surface area contributed by atoms with Crippen molar-refractivity contribution in [3.63, 3.8) is 0 Å². The minimum atomic E-state index is -0.507. The summed E-state index contributed by atoms with van der Waals surface area (Å²) in [5, 5.41) is 0. The van der Waals surface area contributed by atoms with Gasteiger partial charge in [0.25, 0.3) is 0 Å². The number of likely N-dealkylation sites (tertiary alicyclic amines) is 1. The molecule has 2 rings (SSSR count). The maximum Gasteiger partial charge on any atom is 0.415 e. The smallest absolute Gasteiger partial charge is 0.415 e. The van der Waals surface area contributed by atoms with E-state index in [1.54, 1.807) is 7.05 Å². The standard InChI is InChI=1S/C18H29N3O2/c1-13(2)21-11-7-8-15(21)14-9-10-16(19-12-14)20(6)17(22)23-18(3,4)5/h9-10,12-13,15H,7-8,11H2,1-6H3. The summed E-state index contributed by atoms with van der Waals surface area (Å²) >= 11 is 0. The second-order valence-electron chi connectivity index (χ2n) is 7.48. The lowest BCUT2D eigenvalue weighted by Crippen LogP contribution is -2.34. The zero-order valence-corrected chi connectivity index (χ0v) is 15.2. The number of aromatic nitrogens is 1. The van der Waals surface area contributed by atoms with Crippen molar-refractivity contribution < 1.29 is 9.53 Å². The highest BCUT2D eigenvalue weighted by Crippen LogP contribution is 2.33. The molecule has 5 heteroatoms. The van der Waals surface area contributed by atoms with Crippen LogP contribution in [0.3, 0.4) is 0 Å². The predicted octanol–water partition coefficient (Wildman–Crippen LogP) is 4.00. The fraction of sp³-hybridized carbons (Fsp3) is 0.667. The maximum atomic E-state index is 12.1. The Morgan fingerprint density at radius 3 is 2.61 bits per heavy atom. The van der Waals surface area contributed by atoms with Crippen LogP contribution in [0.4, 0.5) is 10.6 Å². The number of hydrogen-bond donors (Lipinski definition) is 0. The Morgan fingerprint density at radius 1 is 1.39 bits per heavy atom. The molecule has 1 aromatic rings. The Morgan fingerprint density at radius 2 is 2.09 bits per heavy atom. The van der Waals surface area contributed by atoms with Crippen molar-refractivity contribution in [1.29, 1.82) is 0 Å². The lowest BCUT2D eigenvalue weighted by atomic mass is 10.1. The zero-order chi connectivity index (χ0) is 17.2. The van der Waals surface area contributed by atoms with Crippen molar-refractivity contribution in [3.8, 4) is 0 Å². The molecule has 1 amide bonds. The lowest BCUT2D eigenvalue weighted by Gasteiger charge is -2.28. The van der Waals surface area contributed by atoms with E-state index in [9.17, 15) is 4.79 Å². The minimum absolute atomic E-state index is 0.387. The molecule has 1 unspecified atom stereocenters. The largest absolute Gasteiger partial charge is 0.443 e. The molecule has 0 radical (unpaired) electrons. The predicted molar refractivity (Wildman–Crippen MR) is 92.7 cm³/mol. The Kier molecular flexibility index (Phi) is 5.30. The fourth-order valence-electron chi connectivity index (χ4n) is 2.98. The SMILES string of the molecule is CC(C)N1CCCC1c1ccc(N(C)C(=O)OC(C)(C)C)nc1. The van der Waals surface area contributed by atoms with Crippen LogP contribution in [0.1, 0.15) is 59.1 Å². The molecule has 0 N–H and O–H groups in total. The number of carbonyl (C=O) groups is 1. The molecule has 0 spiro atoms. The van der Waals surface area contributed by atoms with Gasteiger partial charge in [-0.2, -0.15) is 0 Å². The molecule has 1 atom stereocenters. The first-order valence-corrected chi connectivity index (χ1v) is 8.37. The van der Waals surface area contributed by atoms with Crippen LogP contribution in [0.5, 0.6) is 0 Å². The highest BCUT2D eigenvalue weighted by molar-refractivity contribution is 5.85. The molecule has 1 fully saturated rings. The summed E-state index contributed by atoms with van der Waals surface area (Å²) in [4.78, 5) is 20.5. The van der Waals surface area contributed by atoms with E-state index >= 15 is 0 Å². The second-order valence-corrected chi connectivity index (χ2v) is 7.48. The number of rotatable bonds is 3. The lowest BCUT2D eigenvalue weighted by molar-refractivity contribution is 0.0588. The Balaban J connectivity index is 2.09. The first kappa shape index (κ1) is 17.7. The van der Waals surface area contributed by atoms with Crippen molar-refractivity contribution in [3.05, 3.63) is 23.9 Å². The van der Waals surface area contributed by atoms with E-state index in [2.05, 4.69) is 29.8 Å². The molecule has 1 aliphatic heterocycles. The Bertz CT molecular complexity index is 534. The van der Waals surface area contributed by atoms with Gasteiger partial charge in [0.2, 0.25) is 0 Å². The van der Waals surface area contributed by atoms with Gasteiger partial charge in [0.05, 0.1) is 0 Å². The minimum Gasteiger partial charge on any atom is -0.443 e. The molecular weight excluding hydrogens is 290 g/mol. The molecule has 1 aliphatic rings. The van der Waals surface area contributed by atoms with E-state index in [0.29, 0.717) is 17.9 Å². The number of carbonyl (C=O) groups excluding carboxylic acids is 1. The molecule has 128 valence electrons. The van der Waals surface area contributed by atoms with Gasteiger partial charge < -0.3 is 4.74 Å². The summed E-state index contributed by atoms with van der Waals surface area (Å²) in [6.45, 7) is 11.2. The summed E-state index contributed by atoms with van der Waals surface area (Å²) in [5.41, 5.74) is 0.713. The third-order valence-corrected chi connectivity index (χ3v) is 4.12. The van der Waals surface area contributed by atoms with Gasteiger partial charge in [-0.1, -0.05) is 6.07 Å². The summed E-state index contributed by atoms with van der Waals surface area (Å²) in [6, 6.07) is 4.94. The van der Waals surface area contributed by atoms with Crippen LogP contribution in [0.2, 0.25) is 0 Å². The quantitative estimate of drug-likeness (QED) is 0.845. The van der Waals surface area contributed by atoms with Crippen LogP contribution >= 0.6 is 0 Å². The average Bonchev–Trinajstić information content (AvgIpc) is 2.94. The van der Waals surface area contributed by atoms with Gasteiger partial charge >= 0.3 is 6.09 Å². The van der Waals surface area contributed by atoms with Crippen molar-refractivity contribution in [2.45, 2.75) is 65.1 Å². The molecule has 0 aliphatic carbocycles. The fourth-order valence-corrected chi connectivity index (χ4v) is 2.98. The van der Waals surface area contributed by atoms with Crippen molar-refractivity contribution in [2.75, 3.05) is 18.5 Å². The average molecular weight is 319 g/mol. The maximum absolute atomic E-state index is 12.1. The molecule has 0 aromatic carbocycles. The van der Waals surface area contributed by atoms with E-state index < -0.39 is 5.60 Å². The Hall–Kier alpha value is -1.62. The summed E-state index contributed by atoms with van der Waals surface area (Å²) in [7, 11) is 1.69. The van der Waals surface area contributed by atoms with E-state index in [-0.39, 0.29) is 6.09 Å². The number of nitrogens with zero attached hydrogens (tertiary/aromatic N) is 3. The van der Waals surface area contributed by atoms with Crippen molar-refractivity contribution >= 4 is 11.9 Å². The number of anilines is 1. The number of hydrogen-bond acceptors (Lipinski definition) is 4. The van der Waals surface area contributed by atoms with Gasteiger partial charge in [-0.05, 0) is 65.6 Å². The first-order valence-electron chi connectivity index (χ1n) is 8.37.